The molecule has 0 saturated heterocycles. The lowest BCUT2D eigenvalue weighted by molar-refractivity contribution is -0.120. The molecule has 0 radical (unpaired) electrons. The molecular formula is C14H25NO2. The third-order valence-electron chi connectivity index (χ3n) is 4.60. The van der Waals surface area contributed by atoms with Crippen molar-refractivity contribution in [3.63, 3.8) is 0 Å². The van der Waals surface area contributed by atoms with E-state index in [-0.39, 0.29) is 12.0 Å². The zero-order valence-corrected chi connectivity index (χ0v) is 10.7. The molecule has 17 heavy (non-hydrogen) atoms. The van der Waals surface area contributed by atoms with Crippen LogP contribution in [0.15, 0.2) is 0 Å². The van der Waals surface area contributed by atoms with Crippen LogP contribution in [0.2, 0.25) is 0 Å². The second-order valence-corrected chi connectivity index (χ2v) is 5.82. The first kappa shape index (κ1) is 13.0. The molecule has 2 fully saturated rings. The van der Waals surface area contributed by atoms with Crippen LogP contribution in [0.1, 0.15) is 51.4 Å². The molecule has 3 heteroatoms. The van der Waals surface area contributed by atoms with Gasteiger partial charge in [0.25, 0.3) is 0 Å². The summed E-state index contributed by atoms with van der Waals surface area (Å²) in [5, 5.41) is 9.16. The second-order valence-electron chi connectivity index (χ2n) is 5.82. The summed E-state index contributed by atoms with van der Waals surface area (Å²) in [6.07, 6.45) is 10.8. The summed E-state index contributed by atoms with van der Waals surface area (Å²) >= 11 is 0. The average molecular weight is 239 g/mol. The normalized spacial score (nSPS) is 24.6. The van der Waals surface area contributed by atoms with Gasteiger partial charge in [-0.2, -0.15) is 0 Å². The van der Waals surface area contributed by atoms with Crippen molar-refractivity contribution in [3.8, 4) is 0 Å². The molecule has 2 saturated carbocycles. The van der Waals surface area contributed by atoms with E-state index in [9.17, 15) is 4.79 Å². The van der Waals surface area contributed by atoms with Crippen LogP contribution in [0.4, 0.5) is 0 Å². The molecular weight excluding hydrogens is 214 g/mol. The molecule has 2 aliphatic rings. The first-order chi connectivity index (χ1) is 8.29. The average Bonchev–Trinajstić information content (AvgIpc) is 2.28. The Bertz CT molecular complexity index is 245. The number of aliphatic hydroxyl groups is 1. The molecule has 2 rings (SSSR count). The zero-order chi connectivity index (χ0) is 12.1. The molecule has 0 aliphatic heterocycles. The highest BCUT2D eigenvalue weighted by Gasteiger charge is 2.36. The van der Waals surface area contributed by atoms with Crippen molar-refractivity contribution >= 4 is 6.29 Å². The fourth-order valence-corrected chi connectivity index (χ4v) is 3.24. The Morgan fingerprint density at radius 2 is 1.88 bits per heavy atom. The van der Waals surface area contributed by atoms with Crippen molar-refractivity contribution in [1.29, 1.82) is 0 Å². The second kappa shape index (κ2) is 5.96. The summed E-state index contributed by atoms with van der Waals surface area (Å²) in [4.78, 5) is 13.8. The Kier molecular flexibility index (Phi) is 4.57. The van der Waals surface area contributed by atoms with E-state index in [1.54, 1.807) is 0 Å². The van der Waals surface area contributed by atoms with Crippen LogP contribution in [-0.4, -0.2) is 42.0 Å². The van der Waals surface area contributed by atoms with Crippen LogP contribution >= 0.6 is 0 Å². The summed E-state index contributed by atoms with van der Waals surface area (Å²) < 4.78 is 0. The number of carbonyl (C=O) groups excluding carboxylic acids is 1. The molecule has 0 aromatic rings. The molecule has 0 amide bonds. The van der Waals surface area contributed by atoms with Gasteiger partial charge in [0.2, 0.25) is 0 Å². The van der Waals surface area contributed by atoms with E-state index in [0.29, 0.717) is 6.04 Å². The fourth-order valence-electron chi connectivity index (χ4n) is 3.24. The Hall–Kier alpha value is -0.410. The topological polar surface area (TPSA) is 40.5 Å². The van der Waals surface area contributed by atoms with Gasteiger partial charge in [-0.1, -0.05) is 25.7 Å². The van der Waals surface area contributed by atoms with Gasteiger partial charge in [-0.05, 0) is 25.7 Å². The first-order valence-corrected chi connectivity index (χ1v) is 7.11. The molecule has 98 valence electrons. The van der Waals surface area contributed by atoms with Crippen molar-refractivity contribution < 1.29 is 9.90 Å². The Morgan fingerprint density at radius 1 is 1.18 bits per heavy atom. The molecule has 1 N–H and O–H groups in total. The smallest absolute Gasteiger partial charge is 0.127 e. The van der Waals surface area contributed by atoms with E-state index in [1.165, 1.54) is 44.8 Å². The van der Waals surface area contributed by atoms with E-state index in [0.717, 1.165) is 25.9 Å². The van der Waals surface area contributed by atoms with Crippen LogP contribution in [-0.2, 0) is 4.79 Å². The maximum atomic E-state index is 11.5. The third kappa shape index (κ3) is 3.08. The van der Waals surface area contributed by atoms with Gasteiger partial charge < -0.3 is 9.90 Å². The molecule has 3 nitrogen and oxygen atoms in total. The summed E-state index contributed by atoms with van der Waals surface area (Å²) in [6, 6.07) is 0.626. The van der Waals surface area contributed by atoms with Crippen LogP contribution in [0, 0.1) is 5.41 Å². The van der Waals surface area contributed by atoms with E-state index in [4.69, 9.17) is 5.11 Å². The van der Waals surface area contributed by atoms with E-state index in [2.05, 4.69) is 4.90 Å². The molecule has 0 unspecified atom stereocenters. The first-order valence-electron chi connectivity index (χ1n) is 7.11. The quantitative estimate of drug-likeness (QED) is 0.721. The molecule has 0 spiro atoms. The lowest BCUT2D eigenvalue weighted by atomic mass is 9.74. The van der Waals surface area contributed by atoms with Gasteiger partial charge in [0.15, 0.2) is 0 Å². The Morgan fingerprint density at radius 3 is 2.35 bits per heavy atom. The highest BCUT2D eigenvalue weighted by atomic mass is 16.3. The van der Waals surface area contributed by atoms with Crippen molar-refractivity contribution in [2.45, 2.75) is 57.4 Å². The van der Waals surface area contributed by atoms with Gasteiger partial charge in [-0.25, -0.2) is 0 Å². The number of hydrogen-bond donors (Lipinski definition) is 1. The van der Waals surface area contributed by atoms with E-state index >= 15 is 0 Å². The molecule has 0 atom stereocenters. The van der Waals surface area contributed by atoms with Crippen molar-refractivity contribution in [3.05, 3.63) is 0 Å². The van der Waals surface area contributed by atoms with Crippen molar-refractivity contribution in [2.24, 2.45) is 5.41 Å². The molecule has 0 aromatic heterocycles. The summed E-state index contributed by atoms with van der Waals surface area (Å²) in [5.41, 5.74) is -0.108. The number of carbonyl (C=O) groups is 1. The summed E-state index contributed by atoms with van der Waals surface area (Å²) in [5.74, 6) is 0. The fraction of sp³-hybridized carbons (Fsp3) is 0.929. The zero-order valence-electron chi connectivity index (χ0n) is 10.7. The lowest BCUT2D eigenvalue weighted by Crippen LogP contribution is -2.48. The Labute approximate surface area is 104 Å². The Balaban J connectivity index is 1.95. The number of hydrogen-bond acceptors (Lipinski definition) is 3. The molecule has 0 heterocycles. The maximum Gasteiger partial charge on any atom is 0.127 e. The summed E-state index contributed by atoms with van der Waals surface area (Å²) in [7, 11) is 0. The minimum atomic E-state index is -0.108. The van der Waals surface area contributed by atoms with E-state index < -0.39 is 0 Å². The van der Waals surface area contributed by atoms with Gasteiger partial charge in [0.05, 0.1) is 6.61 Å². The predicted molar refractivity (Wildman–Crippen MR) is 67.9 cm³/mol. The number of rotatable bonds is 6. The minimum absolute atomic E-state index is 0.108. The van der Waals surface area contributed by atoms with Crippen molar-refractivity contribution in [1.82, 2.24) is 4.90 Å². The van der Waals surface area contributed by atoms with Gasteiger partial charge in [-0.3, -0.25) is 4.90 Å². The molecule has 0 bridgehead atoms. The highest BCUT2D eigenvalue weighted by molar-refractivity contribution is 5.60. The highest BCUT2D eigenvalue weighted by Crippen LogP contribution is 2.37. The third-order valence-corrected chi connectivity index (χ3v) is 4.60. The largest absolute Gasteiger partial charge is 0.395 e. The maximum absolute atomic E-state index is 11.5. The standard InChI is InChI=1S/C14H25NO2/c16-10-9-15(13-5-4-6-13)11-14(12-17)7-2-1-3-8-14/h12-13,16H,1-11H2. The van der Waals surface area contributed by atoms with Crippen molar-refractivity contribution in [2.75, 3.05) is 19.7 Å². The van der Waals surface area contributed by atoms with Gasteiger partial charge in [0, 0.05) is 24.5 Å². The van der Waals surface area contributed by atoms with E-state index in [1.807, 2.05) is 0 Å². The number of aldehydes is 1. The van der Waals surface area contributed by atoms with Crippen LogP contribution in [0.25, 0.3) is 0 Å². The molecule has 2 aliphatic carbocycles. The number of aliphatic hydroxyl groups excluding tert-OH is 1. The van der Waals surface area contributed by atoms with Gasteiger partial charge >= 0.3 is 0 Å². The monoisotopic (exact) mass is 239 g/mol. The van der Waals surface area contributed by atoms with Crippen LogP contribution in [0.5, 0.6) is 0 Å². The number of nitrogens with zero attached hydrogens (tertiary/aromatic N) is 1. The predicted octanol–water partition coefficient (Wildman–Crippen LogP) is 1.98. The lowest BCUT2D eigenvalue weighted by Gasteiger charge is -2.43. The summed E-state index contributed by atoms with van der Waals surface area (Å²) in [6.45, 7) is 1.83. The van der Waals surface area contributed by atoms with Gasteiger partial charge in [-0.15, -0.1) is 0 Å². The van der Waals surface area contributed by atoms with Gasteiger partial charge in [0.1, 0.15) is 6.29 Å². The molecule has 0 aromatic carbocycles. The SMILES string of the molecule is O=CC1(CN(CCO)C2CCC2)CCCCC1. The van der Waals surface area contributed by atoms with Crippen LogP contribution in [0.3, 0.4) is 0 Å². The minimum Gasteiger partial charge on any atom is -0.395 e. The van der Waals surface area contributed by atoms with Crippen LogP contribution < -0.4 is 0 Å².